The first-order valence-electron chi connectivity index (χ1n) is 3.50. The highest BCUT2D eigenvalue weighted by atomic mass is 35.5. The normalized spacial score (nSPS) is 8.57. The van der Waals surface area contributed by atoms with Gasteiger partial charge in [0.25, 0.3) is 0 Å². The quantitative estimate of drug-likeness (QED) is 0.805. The molecule has 0 unspecified atom stereocenters. The minimum atomic E-state index is 0. The monoisotopic (exact) mass is 231 g/mol. The lowest BCUT2D eigenvalue weighted by Crippen LogP contribution is -1.80. The Morgan fingerprint density at radius 1 is 1.07 bits per heavy atom. The second kappa shape index (κ2) is 5.54. The van der Waals surface area contributed by atoms with E-state index in [0.717, 1.165) is 10.6 Å². The maximum absolute atomic E-state index is 5.46. The van der Waals surface area contributed by atoms with Gasteiger partial charge in [-0.15, -0.1) is 22.6 Å². The Bertz CT molecular complexity index is 379. The van der Waals surface area contributed by atoms with Crippen LogP contribution in [-0.4, -0.2) is 15.7 Å². The second-order valence-corrected chi connectivity index (χ2v) is 3.32. The number of hydrogen-bond acceptors (Lipinski definition) is 4. The fourth-order valence-corrected chi connectivity index (χ4v) is 1.55. The summed E-state index contributed by atoms with van der Waals surface area (Å²) in [7, 11) is 0. The first-order valence-corrected chi connectivity index (χ1v) is 4.32. The molecule has 2 aromatic rings. The maximum atomic E-state index is 5.46. The average Bonchev–Trinajstić information content (AvgIpc) is 2.54. The lowest BCUT2D eigenvalue weighted by molar-refractivity contribution is 0.824. The van der Waals surface area contributed by atoms with Crippen LogP contribution >= 0.6 is 23.7 Å². The summed E-state index contributed by atoms with van der Waals surface area (Å²) in [5.74, 6) is 0. The fraction of sp³-hybridized carbons (Fsp3) is 0. The highest BCUT2D eigenvalue weighted by molar-refractivity contribution is 7.18. The van der Waals surface area contributed by atoms with E-state index in [4.69, 9.17) is 5.73 Å². The maximum Gasteiger partial charge on any atom is 0.203 e. The van der Waals surface area contributed by atoms with Crippen LogP contribution in [0.1, 0.15) is 0 Å². The Labute approximate surface area is 91.5 Å². The standard InChI is InChI=1S/C8H7N3S.ClH.H2O/c9-8-11-10-7(12-8)6-4-2-1-3-5-6;;/h1-5H,(H2,9,11);1H;1H2. The predicted octanol–water partition coefficient (Wildman–Crippen LogP) is 1.38. The van der Waals surface area contributed by atoms with Crippen LogP contribution in [0.15, 0.2) is 30.3 Å². The molecule has 1 heterocycles. The summed E-state index contributed by atoms with van der Waals surface area (Å²) in [6.45, 7) is 0. The van der Waals surface area contributed by atoms with Gasteiger partial charge in [-0.3, -0.25) is 0 Å². The van der Waals surface area contributed by atoms with Crippen molar-refractivity contribution in [1.82, 2.24) is 10.2 Å². The molecule has 0 bridgehead atoms. The molecule has 14 heavy (non-hydrogen) atoms. The first-order chi connectivity index (χ1) is 5.86. The summed E-state index contributed by atoms with van der Waals surface area (Å²) in [6, 6.07) is 9.87. The summed E-state index contributed by atoms with van der Waals surface area (Å²) >= 11 is 1.40. The number of nitrogen functional groups attached to an aromatic ring is 1. The lowest BCUT2D eigenvalue weighted by atomic mass is 10.2. The zero-order valence-electron chi connectivity index (χ0n) is 7.18. The fourth-order valence-electron chi connectivity index (χ4n) is 0.932. The largest absolute Gasteiger partial charge is 0.412 e. The van der Waals surface area contributed by atoms with Crippen LogP contribution < -0.4 is 5.73 Å². The molecule has 0 aliphatic heterocycles. The number of nitrogens with two attached hydrogens (primary N) is 1. The highest BCUT2D eigenvalue weighted by Crippen LogP contribution is 2.23. The van der Waals surface area contributed by atoms with Crippen molar-refractivity contribution in [3.05, 3.63) is 30.3 Å². The second-order valence-electron chi connectivity index (χ2n) is 2.31. The van der Waals surface area contributed by atoms with E-state index in [9.17, 15) is 0 Å². The zero-order chi connectivity index (χ0) is 8.39. The van der Waals surface area contributed by atoms with Crippen molar-refractivity contribution in [2.45, 2.75) is 0 Å². The number of rotatable bonds is 1. The van der Waals surface area contributed by atoms with Crippen LogP contribution in [0.4, 0.5) is 5.13 Å². The van der Waals surface area contributed by atoms with Crippen molar-refractivity contribution in [3.8, 4) is 10.6 Å². The highest BCUT2D eigenvalue weighted by Gasteiger charge is 2.01. The van der Waals surface area contributed by atoms with E-state index in [1.165, 1.54) is 11.3 Å². The average molecular weight is 232 g/mol. The third-order valence-electron chi connectivity index (χ3n) is 1.46. The first kappa shape index (κ1) is 12.8. The summed E-state index contributed by atoms with van der Waals surface area (Å²) in [5.41, 5.74) is 6.52. The van der Waals surface area contributed by atoms with Gasteiger partial charge in [-0.25, -0.2) is 0 Å². The van der Waals surface area contributed by atoms with Gasteiger partial charge in [0, 0.05) is 5.56 Å². The SMILES string of the molecule is Cl.Nc1nnc(-c2ccccc2)s1.O. The van der Waals surface area contributed by atoms with Crippen molar-refractivity contribution in [3.63, 3.8) is 0 Å². The van der Waals surface area contributed by atoms with E-state index in [1.54, 1.807) is 0 Å². The van der Waals surface area contributed by atoms with Crippen molar-refractivity contribution in [2.24, 2.45) is 0 Å². The third kappa shape index (κ3) is 2.66. The Kier molecular flexibility index (Phi) is 5.07. The van der Waals surface area contributed by atoms with Crippen molar-refractivity contribution < 1.29 is 5.48 Å². The summed E-state index contributed by atoms with van der Waals surface area (Å²) in [6.07, 6.45) is 0. The number of benzene rings is 1. The Morgan fingerprint density at radius 2 is 1.71 bits per heavy atom. The Balaban J connectivity index is 0.000000845. The molecule has 1 aromatic heterocycles. The summed E-state index contributed by atoms with van der Waals surface area (Å²) in [4.78, 5) is 0. The van der Waals surface area contributed by atoms with Crippen molar-refractivity contribution >= 4 is 28.9 Å². The molecule has 0 amide bonds. The molecule has 0 saturated heterocycles. The van der Waals surface area contributed by atoms with Gasteiger partial charge in [0.05, 0.1) is 0 Å². The smallest absolute Gasteiger partial charge is 0.203 e. The van der Waals surface area contributed by atoms with Gasteiger partial charge >= 0.3 is 0 Å². The molecule has 0 radical (unpaired) electrons. The van der Waals surface area contributed by atoms with Crippen molar-refractivity contribution in [2.75, 3.05) is 5.73 Å². The molecule has 0 saturated carbocycles. The van der Waals surface area contributed by atoms with Crippen LogP contribution in [0.25, 0.3) is 10.6 Å². The van der Waals surface area contributed by atoms with Crippen LogP contribution in [0.2, 0.25) is 0 Å². The van der Waals surface area contributed by atoms with Gasteiger partial charge in [0.2, 0.25) is 5.13 Å². The minimum absolute atomic E-state index is 0. The van der Waals surface area contributed by atoms with Gasteiger partial charge in [-0.2, -0.15) is 0 Å². The molecular formula is C8H10ClN3OS. The van der Waals surface area contributed by atoms with Gasteiger partial charge in [0.1, 0.15) is 5.01 Å². The Hall–Kier alpha value is -1.17. The van der Waals surface area contributed by atoms with E-state index >= 15 is 0 Å². The van der Waals surface area contributed by atoms with Crippen LogP contribution in [0.5, 0.6) is 0 Å². The van der Waals surface area contributed by atoms with Crippen molar-refractivity contribution in [1.29, 1.82) is 0 Å². The van der Waals surface area contributed by atoms with E-state index < -0.39 is 0 Å². The molecule has 4 N–H and O–H groups in total. The molecule has 2 rings (SSSR count). The molecule has 6 heteroatoms. The molecule has 76 valence electrons. The molecule has 0 aliphatic carbocycles. The zero-order valence-corrected chi connectivity index (χ0v) is 8.81. The molecule has 0 atom stereocenters. The van der Waals surface area contributed by atoms with E-state index in [2.05, 4.69) is 10.2 Å². The van der Waals surface area contributed by atoms with Gasteiger partial charge in [-0.1, -0.05) is 41.7 Å². The third-order valence-corrected chi connectivity index (χ3v) is 2.26. The summed E-state index contributed by atoms with van der Waals surface area (Å²) < 4.78 is 0. The van der Waals surface area contributed by atoms with E-state index in [0.29, 0.717) is 5.13 Å². The molecule has 1 aromatic carbocycles. The molecule has 0 aliphatic rings. The van der Waals surface area contributed by atoms with E-state index in [1.807, 2.05) is 30.3 Å². The number of anilines is 1. The van der Waals surface area contributed by atoms with Crippen LogP contribution in [0.3, 0.4) is 0 Å². The minimum Gasteiger partial charge on any atom is -0.412 e. The Morgan fingerprint density at radius 3 is 2.21 bits per heavy atom. The number of aromatic nitrogens is 2. The number of hydrogen-bond donors (Lipinski definition) is 1. The molecule has 0 fully saturated rings. The predicted molar refractivity (Wildman–Crippen MR) is 60.6 cm³/mol. The van der Waals surface area contributed by atoms with Crippen LogP contribution in [0, 0.1) is 0 Å². The number of nitrogens with zero attached hydrogens (tertiary/aromatic N) is 2. The van der Waals surface area contributed by atoms with Gasteiger partial charge in [-0.05, 0) is 0 Å². The van der Waals surface area contributed by atoms with Gasteiger partial charge in [0.15, 0.2) is 0 Å². The topological polar surface area (TPSA) is 83.3 Å². The van der Waals surface area contributed by atoms with Crippen LogP contribution in [-0.2, 0) is 0 Å². The van der Waals surface area contributed by atoms with Gasteiger partial charge < -0.3 is 11.2 Å². The molecular weight excluding hydrogens is 222 g/mol. The number of halogens is 1. The molecule has 0 spiro atoms. The van der Waals surface area contributed by atoms with E-state index in [-0.39, 0.29) is 17.9 Å². The molecule has 4 nitrogen and oxygen atoms in total. The summed E-state index contributed by atoms with van der Waals surface area (Å²) in [5, 5.41) is 9.05. The lowest BCUT2D eigenvalue weighted by Gasteiger charge is -1.90.